The van der Waals surface area contributed by atoms with Crippen LogP contribution in [-0.4, -0.2) is 36.9 Å². The van der Waals surface area contributed by atoms with E-state index in [1.165, 1.54) is 51.0 Å². The Bertz CT molecular complexity index is 1140. The van der Waals surface area contributed by atoms with Gasteiger partial charge in [-0.1, -0.05) is 41.6 Å². The van der Waals surface area contributed by atoms with Gasteiger partial charge >= 0.3 is 0 Å². The van der Waals surface area contributed by atoms with Crippen molar-refractivity contribution in [3.8, 4) is 5.69 Å². The van der Waals surface area contributed by atoms with Crippen molar-refractivity contribution >= 4 is 34.1 Å². The predicted octanol–water partition coefficient (Wildman–Crippen LogP) is 3.89. The molecule has 4 rings (SSSR count). The van der Waals surface area contributed by atoms with E-state index in [1.807, 2.05) is 0 Å². The molecule has 152 valence electrons. The van der Waals surface area contributed by atoms with Crippen molar-refractivity contribution in [2.75, 3.05) is 11.1 Å². The van der Waals surface area contributed by atoms with Gasteiger partial charge in [-0.25, -0.2) is 9.37 Å². The number of halogens is 1. The highest BCUT2D eigenvalue weighted by molar-refractivity contribution is 7.99. The standard InChI is InChI=1S/C20H17FN6OS2/c1-13-2-4-14(5-3-13)10-17-11-22-19(30-17)23-18(28)12-29-20-24-25-26-27(20)16-8-6-15(21)7-9-16/h2-9,11H,10,12H2,1H3,(H,22,23,28). The van der Waals surface area contributed by atoms with Gasteiger partial charge in [-0.3, -0.25) is 4.79 Å². The molecule has 2 heterocycles. The average Bonchev–Trinajstić information content (AvgIpc) is 3.38. The number of tetrazole rings is 1. The van der Waals surface area contributed by atoms with E-state index in [4.69, 9.17) is 0 Å². The fourth-order valence-electron chi connectivity index (χ4n) is 2.65. The van der Waals surface area contributed by atoms with Crippen LogP contribution in [0.15, 0.2) is 59.9 Å². The molecule has 0 bridgehead atoms. The van der Waals surface area contributed by atoms with Gasteiger partial charge < -0.3 is 5.32 Å². The average molecular weight is 441 g/mol. The number of carbonyl (C=O) groups is 1. The van der Waals surface area contributed by atoms with Gasteiger partial charge in [0.25, 0.3) is 0 Å². The number of aryl methyl sites for hydroxylation is 1. The van der Waals surface area contributed by atoms with Crippen LogP contribution in [-0.2, 0) is 11.2 Å². The maximum absolute atomic E-state index is 13.1. The van der Waals surface area contributed by atoms with Gasteiger partial charge in [0.1, 0.15) is 5.82 Å². The molecule has 1 N–H and O–H groups in total. The molecule has 4 aromatic rings. The van der Waals surface area contributed by atoms with E-state index in [9.17, 15) is 9.18 Å². The summed E-state index contributed by atoms with van der Waals surface area (Å²) in [6.07, 6.45) is 2.55. The molecule has 0 aliphatic rings. The second-order valence-corrected chi connectivity index (χ2v) is 8.54. The number of nitrogens with one attached hydrogen (secondary N) is 1. The third kappa shape index (κ3) is 5.08. The Labute approximate surface area is 180 Å². The first-order chi connectivity index (χ1) is 14.6. The lowest BCUT2D eigenvalue weighted by molar-refractivity contribution is -0.113. The topological polar surface area (TPSA) is 85.6 Å². The Morgan fingerprint density at radius 2 is 1.93 bits per heavy atom. The zero-order chi connectivity index (χ0) is 20.9. The summed E-state index contributed by atoms with van der Waals surface area (Å²) in [7, 11) is 0. The molecular weight excluding hydrogens is 423 g/mol. The molecule has 0 saturated heterocycles. The molecule has 0 spiro atoms. The van der Waals surface area contributed by atoms with Crippen LogP contribution in [0.25, 0.3) is 5.69 Å². The summed E-state index contributed by atoms with van der Waals surface area (Å²) in [5.41, 5.74) is 3.04. The van der Waals surface area contributed by atoms with Crippen molar-refractivity contribution in [1.82, 2.24) is 25.2 Å². The van der Waals surface area contributed by atoms with E-state index in [1.54, 1.807) is 18.3 Å². The number of hydrogen-bond acceptors (Lipinski definition) is 7. The molecular formula is C20H17FN6OS2. The molecule has 10 heteroatoms. The lowest BCUT2D eigenvalue weighted by atomic mass is 10.1. The van der Waals surface area contributed by atoms with Crippen molar-refractivity contribution in [2.24, 2.45) is 0 Å². The molecule has 0 aliphatic heterocycles. The minimum atomic E-state index is -0.342. The third-order valence-corrected chi connectivity index (χ3v) is 5.98. The van der Waals surface area contributed by atoms with E-state index in [0.717, 1.165) is 11.3 Å². The number of aromatic nitrogens is 5. The van der Waals surface area contributed by atoms with Gasteiger partial charge in [-0.2, -0.15) is 4.68 Å². The number of anilines is 1. The zero-order valence-electron chi connectivity index (χ0n) is 15.9. The highest BCUT2D eigenvalue weighted by Gasteiger charge is 2.13. The Morgan fingerprint density at radius 3 is 2.70 bits per heavy atom. The number of thiazole rings is 1. The summed E-state index contributed by atoms with van der Waals surface area (Å²) in [5.74, 6) is -0.426. The summed E-state index contributed by atoms with van der Waals surface area (Å²) in [6, 6.07) is 14.1. The van der Waals surface area contributed by atoms with Gasteiger partial charge in [0.2, 0.25) is 11.1 Å². The fraction of sp³-hybridized carbons (Fsp3) is 0.150. The normalized spacial score (nSPS) is 10.9. The van der Waals surface area contributed by atoms with Gasteiger partial charge in [-0.05, 0) is 47.2 Å². The molecule has 0 aliphatic carbocycles. The third-order valence-electron chi connectivity index (χ3n) is 4.14. The number of thioether (sulfide) groups is 1. The van der Waals surface area contributed by atoms with Crippen molar-refractivity contribution < 1.29 is 9.18 Å². The molecule has 0 atom stereocenters. The van der Waals surface area contributed by atoms with Crippen molar-refractivity contribution in [3.63, 3.8) is 0 Å². The summed E-state index contributed by atoms with van der Waals surface area (Å²) >= 11 is 2.64. The first-order valence-corrected chi connectivity index (χ1v) is 10.8. The number of rotatable bonds is 7. The fourth-order valence-corrected chi connectivity index (χ4v) is 4.21. The number of benzene rings is 2. The largest absolute Gasteiger partial charge is 0.301 e. The van der Waals surface area contributed by atoms with E-state index in [0.29, 0.717) is 16.0 Å². The number of nitrogens with zero attached hydrogens (tertiary/aromatic N) is 5. The van der Waals surface area contributed by atoms with Crippen molar-refractivity contribution in [3.05, 3.63) is 76.5 Å². The Balaban J connectivity index is 1.33. The van der Waals surface area contributed by atoms with Crippen LogP contribution in [0.4, 0.5) is 9.52 Å². The molecule has 0 saturated carbocycles. The van der Waals surface area contributed by atoms with E-state index in [2.05, 4.69) is 57.0 Å². The molecule has 0 fully saturated rings. The molecule has 1 amide bonds. The highest BCUT2D eigenvalue weighted by Crippen LogP contribution is 2.23. The van der Waals surface area contributed by atoms with Crippen LogP contribution < -0.4 is 5.32 Å². The maximum atomic E-state index is 13.1. The summed E-state index contributed by atoms with van der Waals surface area (Å²) in [4.78, 5) is 17.7. The van der Waals surface area contributed by atoms with Crippen LogP contribution in [0.5, 0.6) is 0 Å². The van der Waals surface area contributed by atoms with Gasteiger partial charge in [0.15, 0.2) is 5.13 Å². The van der Waals surface area contributed by atoms with Crippen LogP contribution in [0.3, 0.4) is 0 Å². The van der Waals surface area contributed by atoms with Crippen LogP contribution >= 0.6 is 23.1 Å². The second kappa shape index (κ2) is 9.14. The predicted molar refractivity (Wildman–Crippen MR) is 115 cm³/mol. The molecule has 0 radical (unpaired) electrons. The second-order valence-electron chi connectivity index (χ2n) is 6.48. The first kappa shape index (κ1) is 20.2. The first-order valence-electron chi connectivity index (χ1n) is 9.04. The van der Waals surface area contributed by atoms with Crippen molar-refractivity contribution in [1.29, 1.82) is 0 Å². The van der Waals surface area contributed by atoms with Crippen LogP contribution in [0.2, 0.25) is 0 Å². The number of amides is 1. The Kier molecular flexibility index (Phi) is 6.15. The molecule has 2 aromatic heterocycles. The SMILES string of the molecule is Cc1ccc(Cc2cnc(NC(=O)CSc3nnnn3-c3ccc(F)cc3)s2)cc1. The lowest BCUT2D eigenvalue weighted by Gasteiger charge is -2.04. The Hall–Kier alpha value is -3.11. The monoisotopic (exact) mass is 440 g/mol. The van der Waals surface area contributed by atoms with E-state index < -0.39 is 0 Å². The van der Waals surface area contributed by atoms with Gasteiger partial charge in [0, 0.05) is 17.5 Å². The van der Waals surface area contributed by atoms with Crippen LogP contribution in [0.1, 0.15) is 16.0 Å². The minimum Gasteiger partial charge on any atom is -0.301 e. The van der Waals surface area contributed by atoms with E-state index >= 15 is 0 Å². The summed E-state index contributed by atoms with van der Waals surface area (Å²) in [6.45, 7) is 2.06. The smallest absolute Gasteiger partial charge is 0.236 e. The van der Waals surface area contributed by atoms with Crippen LogP contribution in [0, 0.1) is 12.7 Å². The minimum absolute atomic E-state index is 0.119. The van der Waals surface area contributed by atoms with Gasteiger partial charge in [-0.15, -0.1) is 16.4 Å². The highest BCUT2D eigenvalue weighted by atomic mass is 32.2. The molecule has 2 aromatic carbocycles. The number of carbonyl (C=O) groups excluding carboxylic acids is 1. The molecule has 30 heavy (non-hydrogen) atoms. The zero-order valence-corrected chi connectivity index (χ0v) is 17.6. The Morgan fingerprint density at radius 1 is 1.17 bits per heavy atom. The lowest BCUT2D eigenvalue weighted by Crippen LogP contribution is -2.14. The summed E-state index contributed by atoms with van der Waals surface area (Å²) < 4.78 is 14.6. The molecule has 0 unspecified atom stereocenters. The van der Waals surface area contributed by atoms with Gasteiger partial charge in [0.05, 0.1) is 11.4 Å². The van der Waals surface area contributed by atoms with E-state index in [-0.39, 0.29) is 17.5 Å². The maximum Gasteiger partial charge on any atom is 0.236 e. The molecule has 7 nitrogen and oxygen atoms in total. The quantitative estimate of drug-likeness (QED) is 0.439. The van der Waals surface area contributed by atoms with Crippen molar-refractivity contribution in [2.45, 2.75) is 18.5 Å². The summed E-state index contributed by atoms with van der Waals surface area (Å²) in [5, 5.41) is 15.3. The number of hydrogen-bond donors (Lipinski definition) is 1.